The van der Waals surface area contributed by atoms with E-state index in [-0.39, 0.29) is 32.0 Å². The number of ether oxygens (including phenoxy) is 3. The summed E-state index contributed by atoms with van der Waals surface area (Å²) in [6.45, 7) is 1.75. The zero-order chi connectivity index (χ0) is 29.8. The first-order valence-corrected chi connectivity index (χ1v) is 12.9. The fourth-order valence-corrected chi connectivity index (χ4v) is 3.97. The molecule has 3 aromatic carbocycles. The molecule has 4 N–H and O–H groups in total. The molecule has 218 valence electrons. The maximum Gasteiger partial charge on any atom is 0.337 e. The minimum atomic E-state index is -1.12. The molecule has 1 unspecified atom stereocenters. The van der Waals surface area contributed by atoms with Gasteiger partial charge in [-0.05, 0) is 60.5 Å². The number of amides is 3. The number of carbonyl (C=O) groups is 3. The van der Waals surface area contributed by atoms with Crippen LogP contribution in [0.25, 0.3) is 0 Å². The molecule has 0 aliphatic carbocycles. The van der Waals surface area contributed by atoms with E-state index in [9.17, 15) is 24.6 Å². The summed E-state index contributed by atoms with van der Waals surface area (Å²) in [7, 11) is 2.77. The summed E-state index contributed by atoms with van der Waals surface area (Å²) in [5.41, 5.74) is 2.88. The Morgan fingerprint density at radius 1 is 1.00 bits per heavy atom. The van der Waals surface area contributed by atoms with E-state index in [2.05, 4.69) is 15.4 Å². The number of aliphatic hydroxyl groups excluding tert-OH is 2. The Kier molecular flexibility index (Phi) is 11.5. The van der Waals surface area contributed by atoms with Crippen molar-refractivity contribution in [1.29, 1.82) is 0 Å². The van der Waals surface area contributed by atoms with E-state index >= 15 is 0 Å². The van der Waals surface area contributed by atoms with Crippen molar-refractivity contribution in [2.24, 2.45) is 0 Å². The van der Waals surface area contributed by atoms with Gasteiger partial charge in [0.1, 0.15) is 18.1 Å². The van der Waals surface area contributed by atoms with Crippen LogP contribution in [0.3, 0.4) is 0 Å². The second kappa shape index (κ2) is 15.2. The second-order valence-electron chi connectivity index (χ2n) is 9.09. The molecule has 3 rings (SSSR count). The van der Waals surface area contributed by atoms with Crippen molar-refractivity contribution < 1.29 is 38.8 Å². The van der Waals surface area contributed by atoms with Gasteiger partial charge in [-0.15, -0.1) is 0 Å². The molecule has 11 heteroatoms. The average molecular weight is 566 g/mol. The lowest BCUT2D eigenvalue weighted by atomic mass is 10.1. The highest BCUT2D eigenvalue weighted by molar-refractivity contribution is 6.03. The van der Waals surface area contributed by atoms with Crippen molar-refractivity contribution >= 4 is 29.3 Å². The topological polar surface area (TPSA) is 147 Å². The number of nitrogens with zero attached hydrogens (tertiary/aromatic N) is 1. The number of rotatable bonds is 13. The van der Waals surface area contributed by atoms with Crippen molar-refractivity contribution in [3.05, 3.63) is 83.4 Å². The van der Waals surface area contributed by atoms with E-state index in [1.807, 2.05) is 19.1 Å². The summed E-state index contributed by atoms with van der Waals surface area (Å²) < 4.78 is 15.7. The third kappa shape index (κ3) is 8.95. The van der Waals surface area contributed by atoms with Crippen LogP contribution in [0.5, 0.6) is 11.5 Å². The van der Waals surface area contributed by atoms with Gasteiger partial charge in [-0.25, -0.2) is 9.59 Å². The lowest BCUT2D eigenvalue weighted by Gasteiger charge is -2.27. The Bertz CT molecular complexity index is 1330. The van der Waals surface area contributed by atoms with Gasteiger partial charge in [0.15, 0.2) is 0 Å². The molecule has 0 saturated heterocycles. The quantitative estimate of drug-likeness (QED) is 0.183. The van der Waals surface area contributed by atoms with Crippen LogP contribution in [0.2, 0.25) is 0 Å². The summed E-state index contributed by atoms with van der Waals surface area (Å²) in [4.78, 5) is 38.5. The van der Waals surface area contributed by atoms with Crippen molar-refractivity contribution in [3.63, 3.8) is 0 Å². The lowest BCUT2D eigenvalue weighted by Crippen LogP contribution is -2.42. The molecule has 0 aliphatic rings. The van der Waals surface area contributed by atoms with Gasteiger partial charge in [0.2, 0.25) is 5.91 Å². The Balaban J connectivity index is 1.56. The summed E-state index contributed by atoms with van der Waals surface area (Å²) in [5.74, 6) is 0.256. The molecule has 0 bridgehead atoms. The fourth-order valence-electron chi connectivity index (χ4n) is 3.97. The third-order valence-electron chi connectivity index (χ3n) is 6.10. The summed E-state index contributed by atoms with van der Waals surface area (Å²) in [6, 6.07) is 18.2. The van der Waals surface area contributed by atoms with Gasteiger partial charge in [-0.3, -0.25) is 9.69 Å². The van der Waals surface area contributed by atoms with Gasteiger partial charge < -0.3 is 35.1 Å². The minimum absolute atomic E-state index is 0.0798. The zero-order valence-corrected chi connectivity index (χ0v) is 23.3. The van der Waals surface area contributed by atoms with E-state index < -0.39 is 24.7 Å². The van der Waals surface area contributed by atoms with Gasteiger partial charge in [0.05, 0.1) is 57.7 Å². The molecule has 0 fully saturated rings. The number of para-hydroxylation sites is 1. The number of nitrogens with one attached hydrogen (secondary N) is 2. The van der Waals surface area contributed by atoms with Crippen LogP contribution < -0.4 is 25.0 Å². The van der Waals surface area contributed by atoms with Gasteiger partial charge in [-0.2, -0.15) is 0 Å². The number of hydrogen-bond acceptors (Lipinski definition) is 8. The number of aliphatic hydroxyl groups is 2. The first-order valence-electron chi connectivity index (χ1n) is 12.9. The highest BCUT2D eigenvalue weighted by Crippen LogP contribution is 2.28. The van der Waals surface area contributed by atoms with Crippen LogP contribution in [-0.2, 0) is 16.0 Å². The smallest absolute Gasteiger partial charge is 0.337 e. The van der Waals surface area contributed by atoms with Gasteiger partial charge in [-0.1, -0.05) is 24.3 Å². The Morgan fingerprint density at radius 3 is 2.39 bits per heavy atom. The Labute approximate surface area is 238 Å². The zero-order valence-electron chi connectivity index (χ0n) is 23.3. The van der Waals surface area contributed by atoms with Crippen LogP contribution >= 0.6 is 0 Å². The third-order valence-corrected chi connectivity index (χ3v) is 6.10. The Morgan fingerprint density at radius 2 is 1.73 bits per heavy atom. The van der Waals surface area contributed by atoms with Crippen molar-refractivity contribution in [1.82, 2.24) is 5.32 Å². The van der Waals surface area contributed by atoms with Crippen LogP contribution in [0, 0.1) is 6.92 Å². The van der Waals surface area contributed by atoms with Crippen LogP contribution in [0.4, 0.5) is 16.2 Å². The molecular weight excluding hydrogens is 530 g/mol. The van der Waals surface area contributed by atoms with Crippen LogP contribution in [0.1, 0.15) is 21.5 Å². The standard InChI is InChI=1S/C30H35N3O8/c1-20-6-4-5-7-26(20)33(18-23(35)19-34)30(38)32-25-13-8-21(16-27(25)39-2)17-28(36)31-14-15-41-24-11-9-22(10-12-24)29(37)40-3/h4-13,16,23,34-35H,14-15,17-19H2,1-3H3,(H,31,36)(H,32,38). The number of aryl methyl sites for hydroxylation is 1. The molecule has 0 heterocycles. The largest absolute Gasteiger partial charge is 0.495 e. The molecule has 0 aromatic heterocycles. The fraction of sp³-hybridized carbons (Fsp3) is 0.300. The van der Waals surface area contributed by atoms with Crippen LogP contribution in [-0.4, -0.2) is 74.7 Å². The molecule has 3 amide bonds. The number of hydrogen-bond donors (Lipinski definition) is 4. The number of urea groups is 1. The van der Waals surface area contributed by atoms with E-state index in [1.165, 1.54) is 19.1 Å². The monoisotopic (exact) mass is 565 g/mol. The molecule has 0 spiro atoms. The lowest BCUT2D eigenvalue weighted by molar-refractivity contribution is -0.120. The maximum atomic E-state index is 13.2. The molecule has 1 atom stereocenters. The minimum Gasteiger partial charge on any atom is -0.495 e. The normalized spacial score (nSPS) is 11.2. The molecule has 0 radical (unpaired) electrons. The Hall–Kier alpha value is -4.61. The predicted octanol–water partition coefficient (Wildman–Crippen LogP) is 2.92. The summed E-state index contributed by atoms with van der Waals surface area (Å²) in [5, 5.41) is 24.9. The predicted molar refractivity (Wildman–Crippen MR) is 154 cm³/mol. The van der Waals surface area contributed by atoms with Crippen molar-refractivity contribution in [2.75, 3.05) is 50.7 Å². The van der Waals surface area contributed by atoms with Crippen molar-refractivity contribution in [3.8, 4) is 11.5 Å². The van der Waals surface area contributed by atoms with E-state index in [0.29, 0.717) is 34.0 Å². The highest BCUT2D eigenvalue weighted by atomic mass is 16.5. The summed E-state index contributed by atoms with van der Waals surface area (Å²) in [6.07, 6.45) is -1.04. The first kappa shape index (κ1) is 30.9. The summed E-state index contributed by atoms with van der Waals surface area (Å²) >= 11 is 0. The van der Waals surface area contributed by atoms with Gasteiger partial charge >= 0.3 is 12.0 Å². The molecule has 11 nitrogen and oxygen atoms in total. The first-order chi connectivity index (χ1) is 19.7. The number of benzene rings is 3. The highest BCUT2D eigenvalue weighted by Gasteiger charge is 2.22. The van der Waals surface area contributed by atoms with Gasteiger partial charge in [0.25, 0.3) is 0 Å². The number of anilines is 2. The van der Waals surface area contributed by atoms with E-state index in [0.717, 1.165) is 5.56 Å². The number of methoxy groups -OCH3 is 2. The SMILES string of the molecule is COC(=O)c1ccc(OCCNC(=O)Cc2ccc(NC(=O)N(CC(O)CO)c3ccccc3C)c(OC)c2)cc1. The van der Waals surface area contributed by atoms with E-state index in [1.54, 1.807) is 54.6 Å². The molecular formula is C30H35N3O8. The number of carbonyl (C=O) groups excluding carboxylic acids is 3. The van der Waals surface area contributed by atoms with Crippen molar-refractivity contribution in [2.45, 2.75) is 19.4 Å². The van der Waals surface area contributed by atoms with Crippen LogP contribution in [0.15, 0.2) is 66.7 Å². The molecule has 41 heavy (non-hydrogen) atoms. The second-order valence-corrected chi connectivity index (χ2v) is 9.09. The average Bonchev–Trinajstić information content (AvgIpc) is 2.99. The van der Waals surface area contributed by atoms with E-state index in [4.69, 9.17) is 9.47 Å². The molecule has 3 aromatic rings. The maximum absolute atomic E-state index is 13.2. The molecule has 0 aliphatic heterocycles. The molecule has 0 saturated carbocycles. The number of esters is 1. The van der Waals surface area contributed by atoms with Gasteiger partial charge in [0, 0.05) is 5.69 Å².